The molecule has 2 aromatic rings. The highest BCUT2D eigenvalue weighted by atomic mass is 16.3. The number of benzene rings is 1. The Balaban J connectivity index is 2.07. The average molecular weight is 269 g/mol. The molecule has 0 aliphatic rings. The highest BCUT2D eigenvalue weighted by Gasteiger charge is 2.09. The van der Waals surface area contributed by atoms with E-state index >= 15 is 0 Å². The van der Waals surface area contributed by atoms with Gasteiger partial charge in [-0.15, -0.1) is 0 Å². The lowest BCUT2D eigenvalue weighted by Gasteiger charge is -2.05. The van der Waals surface area contributed by atoms with E-state index in [0.717, 1.165) is 5.56 Å². The molecule has 102 valence electrons. The third kappa shape index (κ3) is 3.74. The molecule has 4 heteroatoms. The Labute approximate surface area is 117 Å². The Bertz CT molecular complexity index is 621. The molecule has 4 nitrogen and oxygen atoms in total. The number of furan rings is 1. The summed E-state index contributed by atoms with van der Waals surface area (Å²) in [7, 11) is 0. The quantitative estimate of drug-likeness (QED) is 0.834. The first-order chi connectivity index (χ1) is 9.81. The minimum absolute atomic E-state index is 0.0157. The molecule has 0 saturated heterocycles. The number of nitrogens with one attached hydrogen (secondary N) is 1. The van der Waals surface area contributed by atoms with E-state index in [1.54, 1.807) is 36.8 Å². The van der Waals surface area contributed by atoms with E-state index in [2.05, 4.69) is 17.2 Å². The molecule has 1 aromatic carbocycles. The van der Waals surface area contributed by atoms with Crippen molar-refractivity contribution < 1.29 is 14.3 Å². The van der Waals surface area contributed by atoms with Gasteiger partial charge in [-0.2, -0.15) is 0 Å². The molecule has 1 heterocycles. The van der Waals surface area contributed by atoms with Gasteiger partial charge in [-0.3, -0.25) is 4.79 Å². The molecule has 0 radical (unpaired) electrons. The maximum atomic E-state index is 12.1. The second-order valence-corrected chi connectivity index (χ2v) is 4.14. The van der Waals surface area contributed by atoms with Crippen molar-refractivity contribution in [2.75, 3.05) is 6.61 Å². The Morgan fingerprint density at radius 3 is 2.90 bits per heavy atom. The first-order valence-electron chi connectivity index (χ1n) is 6.29. The van der Waals surface area contributed by atoms with Gasteiger partial charge in [0, 0.05) is 24.1 Å². The van der Waals surface area contributed by atoms with Crippen LogP contribution in [0.5, 0.6) is 0 Å². The second kappa shape index (κ2) is 7.17. The van der Waals surface area contributed by atoms with E-state index in [1.807, 2.05) is 6.07 Å². The summed E-state index contributed by atoms with van der Waals surface area (Å²) in [5.41, 5.74) is 2.09. The average Bonchev–Trinajstić information content (AvgIpc) is 2.99. The Morgan fingerprint density at radius 1 is 1.30 bits per heavy atom. The molecular weight excluding hydrogens is 254 g/mol. The first kappa shape index (κ1) is 13.9. The summed E-state index contributed by atoms with van der Waals surface area (Å²) in [5.74, 6) is 5.54. The largest absolute Gasteiger partial charge is 0.472 e. The summed E-state index contributed by atoms with van der Waals surface area (Å²) < 4.78 is 4.94. The van der Waals surface area contributed by atoms with Gasteiger partial charge in [0.1, 0.15) is 0 Å². The van der Waals surface area contributed by atoms with Gasteiger partial charge in [0.25, 0.3) is 5.91 Å². The highest BCUT2D eigenvalue weighted by Crippen LogP contribution is 2.08. The number of carbonyl (C=O) groups excluding carboxylic acids is 1. The summed E-state index contributed by atoms with van der Waals surface area (Å²) in [5, 5.41) is 11.5. The summed E-state index contributed by atoms with van der Waals surface area (Å²) in [6, 6.07) is 8.94. The van der Waals surface area contributed by atoms with Crippen LogP contribution in [0, 0.1) is 11.8 Å². The third-order valence-corrected chi connectivity index (χ3v) is 2.66. The van der Waals surface area contributed by atoms with Crippen molar-refractivity contribution in [3.8, 4) is 11.8 Å². The molecule has 0 unspecified atom stereocenters. The van der Waals surface area contributed by atoms with Crippen LogP contribution in [-0.4, -0.2) is 17.6 Å². The SMILES string of the molecule is O=C(NCc1ccoc1)c1ccccc1C#CCCO. The van der Waals surface area contributed by atoms with Gasteiger partial charge in [-0.25, -0.2) is 0 Å². The molecule has 0 atom stereocenters. The number of amides is 1. The molecule has 2 N–H and O–H groups in total. The second-order valence-electron chi connectivity index (χ2n) is 4.14. The van der Waals surface area contributed by atoms with Crippen molar-refractivity contribution in [1.82, 2.24) is 5.32 Å². The summed E-state index contributed by atoms with van der Waals surface area (Å²) in [6.07, 6.45) is 3.55. The molecule has 0 bridgehead atoms. The monoisotopic (exact) mass is 269 g/mol. The molecule has 2 rings (SSSR count). The Morgan fingerprint density at radius 2 is 2.15 bits per heavy atom. The summed E-state index contributed by atoms with van der Waals surface area (Å²) >= 11 is 0. The van der Waals surface area contributed by atoms with E-state index in [0.29, 0.717) is 24.1 Å². The lowest BCUT2D eigenvalue weighted by Crippen LogP contribution is -2.23. The number of hydrogen-bond donors (Lipinski definition) is 2. The van der Waals surface area contributed by atoms with Gasteiger partial charge >= 0.3 is 0 Å². The molecule has 0 aliphatic heterocycles. The third-order valence-electron chi connectivity index (χ3n) is 2.66. The van der Waals surface area contributed by atoms with Crippen molar-refractivity contribution in [1.29, 1.82) is 0 Å². The van der Waals surface area contributed by atoms with Gasteiger partial charge in [-0.05, 0) is 18.2 Å². The molecule has 0 spiro atoms. The highest BCUT2D eigenvalue weighted by molar-refractivity contribution is 5.96. The van der Waals surface area contributed by atoms with Gasteiger partial charge in [-0.1, -0.05) is 24.0 Å². The van der Waals surface area contributed by atoms with E-state index in [1.165, 1.54) is 0 Å². The fourth-order valence-corrected chi connectivity index (χ4v) is 1.67. The number of hydrogen-bond acceptors (Lipinski definition) is 3. The van der Waals surface area contributed by atoms with Crippen molar-refractivity contribution in [3.63, 3.8) is 0 Å². The molecule has 0 aliphatic carbocycles. The Kier molecular flexibility index (Phi) is 4.99. The molecule has 0 saturated carbocycles. The Hall–Kier alpha value is -2.51. The van der Waals surface area contributed by atoms with Crippen molar-refractivity contribution in [3.05, 3.63) is 59.5 Å². The van der Waals surface area contributed by atoms with E-state index in [4.69, 9.17) is 9.52 Å². The normalized spacial score (nSPS) is 9.65. The molecular formula is C16H15NO3. The zero-order valence-electron chi connectivity index (χ0n) is 10.9. The molecule has 20 heavy (non-hydrogen) atoms. The van der Waals surface area contributed by atoms with Crippen molar-refractivity contribution in [2.45, 2.75) is 13.0 Å². The zero-order chi connectivity index (χ0) is 14.2. The lowest BCUT2D eigenvalue weighted by molar-refractivity contribution is 0.0950. The fourth-order valence-electron chi connectivity index (χ4n) is 1.67. The van der Waals surface area contributed by atoms with Gasteiger partial charge in [0.2, 0.25) is 0 Å². The summed E-state index contributed by atoms with van der Waals surface area (Å²) in [4.78, 5) is 12.1. The molecule has 1 amide bonds. The van der Waals surface area contributed by atoms with Crippen LogP contribution in [0.25, 0.3) is 0 Å². The van der Waals surface area contributed by atoms with E-state index in [9.17, 15) is 4.79 Å². The van der Waals surface area contributed by atoms with Crippen LogP contribution >= 0.6 is 0 Å². The maximum absolute atomic E-state index is 12.1. The van der Waals surface area contributed by atoms with Crippen LogP contribution in [0.15, 0.2) is 47.3 Å². The van der Waals surface area contributed by atoms with Crippen molar-refractivity contribution >= 4 is 5.91 Å². The number of carbonyl (C=O) groups is 1. The minimum Gasteiger partial charge on any atom is -0.472 e. The predicted molar refractivity (Wildman–Crippen MR) is 74.9 cm³/mol. The summed E-state index contributed by atoms with van der Waals surface area (Å²) in [6.45, 7) is 0.426. The number of rotatable bonds is 4. The first-order valence-corrected chi connectivity index (χ1v) is 6.29. The van der Waals surface area contributed by atoms with Crippen LogP contribution in [-0.2, 0) is 6.54 Å². The topological polar surface area (TPSA) is 62.5 Å². The van der Waals surface area contributed by atoms with Gasteiger partial charge in [0.15, 0.2) is 0 Å². The number of aliphatic hydroxyl groups excluding tert-OH is 1. The lowest BCUT2D eigenvalue weighted by atomic mass is 10.1. The van der Waals surface area contributed by atoms with Crippen LogP contribution in [0.2, 0.25) is 0 Å². The van der Waals surface area contributed by atoms with Crippen LogP contribution in [0.1, 0.15) is 27.9 Å². The maximum Gasteiger partial charge on any atom is 0.252 e. The molecule has 1 aromatic heterocycles. The van der Waals surface area contributed by atoms with Crippen LogP contribution in [0.3, 0.4) is 0 Å². The van der Waals surface area contributed by atoms with Crippen molar-refractivity contribution in [2.24, 2.45) is 0 Å². The predicted octanol–water partition coefficient (Wildman–Crippen LogP) is 1.94. The van der Waals surface area contributed by atoms with Crippen LogP contribution < -0.4 is 5.32 Å². The zero-order valence-corrected chi connectivity index (χ0v) is 10.9. The van der Waals surface area contributed by atoms with E-state index in [-0.39, 0.29) is 12.5 Å². The number of aliphatic hydroxyl groups is 1. The standard InChI is InChI=1S/C16H15NO3/c18-9-4-3-6-14-5-1-2-7-15(14)16(19)17-11-13-8-10-20-12-13/h1-2,5,7-8,10,12,18H,4,9,11H2,(H,17,19). The molecule has 0 fully saturated rings. The smallest absolute Gasteiger partial charge is 0.252 e. The van der Waals surface area contributed by atoms with E-state index < -0.39 is 0 Å². The fraction of sp³-hybridized carbons (Fsp3) is 0.188. The van der Waals surface area contributed by atoms with Gasteiger partial charge < -0.3 is 14.8 Å². The van der Waals surface area contributed by atoms with Gasteiger partial charge in [0.05, 0.1) is 24.7 Å². The minimum atomic E-state index is -0.180. The van der Waals surface area contributed by atoms with Crippen LogP contribution in [0.4, 0.5) is 0 Å².